The Morgan fingerprint density at radius 3 is 2.42 bits per heavy atom. The Bertz CT molecular complexity index is 1060. The summed E-state index contributed by atoms with van der Waals surface area (Å²) < 4.78 is 71.9. The van der Waals surface area contributed by atoms with Crippen LogP contribution < -0.4 is 19.7 Å². The first-order chi connectivity index (χ1) is 14.3. The van der Waals surface area contributed by atoms with Crippen LogP contribution in [0.25, 0.3) is 0 Å². The van der Waals surface area contributed by atoms with E-state index in [0.29, 0.717) is 6.54 Å². The molecule has 0 aliphatic rings. The predicted octanol–water partition coefficient (Wildman–Crippen LogP) is 2.15. The third-order valence-electron chi connectivity index (χ3n) is 4.16. The molecule has 3 N–H and O–H groups in total. The molecule has 0 aromatic heterocycles. The molecule has 0 bridgehead atoms. The molecule has 31 heavy (non-hydrogen) atoms. The van der Waals surface area contributed by atoms with Crippen LogP contribution in [0.5, 0.6) is 5.75 Å². The standard InChI is InChI=1S/C19H21BrF3N3O4S/c1-26(2)9-8-24-31(28,29)17-10-12(4-7-16(17)30-3)18(27)25-13-5-6-15(20)14(11-13)19(21,22)23/h4-7,10-11,24H,8-9H2,1-3H3,(H,25,27)/p+1. The topological polar surface area (TPSA) is 88.9 Å². The molecular weight excluding hydrogens is 503 g/mol. The van der Waals surface area contributed by atoms with Gasteiger partial charge in [0, 0.05) is 15.7 Å². The first-order valence-corrected chi connectivity index (χ1v) is 11.3. The maximum Gasteiger partial charge on any atom is 0.417 e. The Balaban J connectivity index is 2.31. The highest BCUT2D eigenvalue weighted by atomic mass is 79.9. The second kappa shape index (κ2) is 9.98. The molecule has 2 aromatic rings. The number of carbonyl (C=O) groups excluding carboxylic acids is 1. The third kappa shape index (κ3) is 6.66. The molecule has 7 nitrogen and oxygen atoms in total. The van der Waals surface area contributed by atoms with Crippen LogP contribution in [0.3, 0.4) is 0 Å². The van der Waals surface area contributed by atoms with Gasteiger partial charge in [0.2, 0.25) is 10.0 Å². The van der Waals surface area contributed by atoms with E-state index in [4.69, 9.17) is 4.74 Å². The number of carbonyl (C=O) groups is 1. The molecular formula is C19H22BrF3N3O4S+. The fourth-order valence-electron chi connectivity index (χ4n) is 2.56. The Kier molecular flexibility index (Phi) is 8.09. The number of quaternary nitrogens is 1. The minimum Gasteiger partial charge on any atom is -0.495 e. The van der Waals surface area contributed by atoms with E-state index in [-0.39, 0.29) is 32.9 Å². The predicted molar refractivity (Wildman–Crippen MR) is 113 cm³/mol. The summed E-state index contributed by atoms with van der Waals surface area (Å²) in [6.45, 7) is 0.705. The fraction of sp³-hybridized carbons (Fsp3) is 0.316. The normalized spacial score (nSPS) is 12.1. The number of benzene rings is 2. The van der Waals surface area contributed by atoms with E-state index >= 15 is 0 Å². The summed E-state index contributed by atoms with van der Waals surface area (Å²) in [5, 5.41) is 2.35. The first-order valence-electron chi connectivity index (χ1n) is 9.00. The maximum atomic E-state index is 13.1. The van der Waals surface area contributed by atoms with Crippen molar-refractivity contribution in [3.8, 4) is 5.75 Å². The van der Waals surface area contributed by atoms with Crippen LogP contribution in [0.2, 0.25) is 0 Å². The van der Waals surface area contributed by atoms with Gasteiger partial charge in [-0.2, -0.15) is 13.2 Å². The molecule has 0 unspecified atom stereocenters. The molecule has 12 heteroatoms. The zero-order valence-corrected chi connectivity index (χ0v) is 19.3. The second-order valence-electron chi connectivity index (χ2n) is 6.87. The van der Waals surface area contributed by atoms with Gasteiger partial charge in [0.15, 0.2) is 0 Å². The minimum absolute atomic E-state index is 0.0317. The second-order valence-corrected chi connectivity index (χ2v) is 9.46. The number of amides is 1. The number of anilines is 1. The van der Waals surface area contributed by atoms with Crippen molar-refractivity contribution in [1.82, 2.24) is 4.72 Å². The molecule has 2 rings (SSSR count). The molecule has 0 radical (unpaired) electrons. The average molecular weight is 525 g/mol. The van der Waals surface area contributed by atoms with Crippen molar-refractivity contribution in [3.63, 3.8) is 0 Å². The number of hydrogen-bond donors (Lipinski definition) is 3. The van der Waals surface area contributed by atoms with Gasteiger partial charge >= 0.3 is 6.18 Å². The van der Waals surface area contributed by atoms with Crippen molar-refractivity contribution in [3.05, 3.63) is 52.0 Å². The summed E-state index contributed by atoms with van der Waals surface area (Å²) in [6, 6.07) is 6.99. The quantitative estimate of drug-likeness (QED) is 0.493. The number of rotatable bonds is 8. The van der Waals surface area contributed by atoms with Crippen molar-refractivity contribution in [2.75, 3.05) is 39.6 Å². The van der Waals surface area contributed by atoms with Gasteiger partial charge in [-0.1, -0.05) is 15.9 Å². The Morgan fingerprint density at radius 1 is 1.16 bits per heavy atom. The van der Waals surface area contributed by atoms with Gasteiger partial charge < -0.3 is 15.0 Å². The van der Waals surface area contributed by atoms with E-state index in [9.17, 15) is 26.4 Å². The van der Waals surface area contributed by atoms with Gasteiger partial charge in [-0.25, -0.2) is 13.1 Å². The number of ether oxygens (including phenoxy) is 1. The molecule has 1 amide bonds. The SMILES string of the molecule is COc1ccc(C(=O)Nc2ccc(Br)c(C(F)(F)F)c2)cc1S(=O)(=O)NCC[NH+](C)C. The summed E-state index contributed by atoms with van der Waals surface area (Å²) in [6.07, 6.45) is -4.61. The molecule has 0 aliphatic carbocycles. The zero-order chi connectivity index (χ0) is 23.4. The third-order valence-corrected chi connectivity index (χ3v) is 6.34. The number of likely N-dealkylation sites (N-methyl/N-ethyl adjacent to an activating group) is 1. The van der Waals surface area contributed by atoms with Crippen molar-refractivity contribution < 1.29 is 36.0 Å². The van der Waals surface area contributed by atoms with Crippen LogP contribution in [0.4, 0.5) is 18.9 Å². The lowest BCUT2D eigenvalue weighted by molar-refractivity contribution is -0.856. The van der Waals surface area contributed by atoms with Gasteiger partial charge in [-0.3, -0.25) is 4.79 Å². The number of methoxy groups -OCH3 is 1. The summed E-state index contributed by atoms with van der Waals surface area (Å²) in [4.78, 5) is 13.4. The summed E-state index contributed by atoms with van der Waals surface area (Å²) in [5.74, 6) is -0.739. The summed E-state index contributed by atoms with van der Waals surface area (Å²) in [5.41, 5.74) is -1.10. The maximum absolute atomic E-state index is 13.1. The van der Waals surface area contributed by atoms with Gasteiger partial charge in [-0.15, -0.1) is 0 Å². The van der Waals surface area contributed by atoms with Crippen LogP contribution >= 0.6 is 15.9 Å². The van der Waals surface area contributed by atoms with Gasteiger partial charge in [0.1, 0.15) is 10.6 Å². The molecule has 0 fully saturated rings. The molecule has 0 aliphatic heterocycles. The van der Waals surface area contributed by atoms with E-state index in [1.165, 1.54) is 31.4 Å². The molecule has 2 aromatic carbocycles. The van der Waals surface area contributed by atoms with Crippen LogP contribution in [0.15, 0.2) is 45.8 Å². The highest BCUT2D eigenvalue weighted by Gasteiger charge is 2.33. The largest absolute Gasteiger partial charge is 0.495 e. The lowest BCUT2D eigenvalue weighted by atomic mass is 10.1. The lowest BCUT2D eigenvalue weighted by Gasteiger charge is -2.14. The van der Waals surface area contributed by atoms with E-state index < -0.39 is 27.7 Å². The van der Waals surface area contributed by atoms with Gasteiger partial charge in [0.25, 0.3) is 5.91 Å². The molecule has 0 heterocycles. The molecule has 170 valence electrons. The fourth-order valence-corrected chi connectivity index (χ4v) is 4.26. The van der Waals surface area contributed by atoms with Crippen molar-refractivity contribution in [2.24, 2.45) is 0 Å². The van der Waals surface area contributed by atoms with Crippen molar-refractivity contribution >= 4 is 37.5 Å². The Labute approximate surface area is 186 Å². The van der Waals surface area contributed by atoms with Crippen molar-refractivity contribution in [2.45, 2.75) is 11.1 Å². The van der Waals surface area contributed by atoms with Crippen LogP contribution in [0.1, 0.15) is 15.9 Å². The molecule has 0 saturated carbocycles. The van der Waals surface area contributed by atoms with E-state index in [2.05, 4.69) is 26.0 Å². The number of nitrogens with one attached hydrogen (secondary N) is 3. The van der Waals surface area contributed by atoms with Gasteiger partial charge in [0.05, 0.1) is 39.9 Å². The number of sulfonamides is 1. The highest BCUT2D eigenvalue weighted by Crippen LogP contribution is 2.36. The number of alkyl halides is 3. The molecule has 0 spiro atoms. The molecule has 0 saturated heterocycles. The monoisotopic (exact) mass is 524 g/mol. The first kappa shape index (κ1) is 25.1. The summed E-state index contributed by atoms with van der Waals surface area (Å²) >= 11 is 2.83. The number of hydrogen-bond acceptors (Lipinski definition) is 4. The van der Waals surface area contributed by atoms with Crippen LogP contribution in [-0.2, 0) is 16.2 Å². The lowest BCUT2D eigenvalue weighted by Crippen LogP contribution is -3.06. The Hall–Kier alpha value is -2.15. The van der Waals surface area contributed by atoms with E-state index in [0.717, 1.165) is 17.0 Å². The average Bonchev–Trinajstić information content (AvgIpc) is 2.67. The van der Waals surface area contributed by atoms with Crippen molar-refractivity contribution in [1.29, 1.82) is 0 Å². The summed E-state index contributed by atoms with van der Waals surface area (Å²) in [7, 11) is 1.04. The molecule has 0 atom stereocenters. The van der Waals surface area contributed by atoms with E-state index in [1.54, 1.807) is 0 Å². The smallest absolute Gasteiger partial charge is 0.417 e. The zero-order valence-electron chi connectivity index (χ0n) is 16.9. The number of halogens is 4. The minimum atomic E-state index is -4.61. The van der Waals surface area contributed by atoms with Crippen LogP contribution in [-0.4, -0.2) is 48.6 Å². The highest BCUT2D eigenvalue weighted by molar-refractivity contribution is 9.10. The van der Waals surface area contributed by atoms with Gasteiger partial charge in [-0.05, 0) is 36.4 Å². The Morgan fingerprint density at radius 2 is 1.84 bits per heavy atom. The van der Waals surface area contributed by atoms with E-state index in [1.807, 2.05) is 14.1 Å². The van der Waals surface area contributed by atoms with Crippen LogP contribution in [0, 0.1) is 0 Å².